The van der Waals surface area contributed by atoms with E-state index in [-0.39, 0.29) is 18.7 Å². The fourth-order valence-corrected chi connectivity index (χ4v) is 2.67. The molecule has 0 amide bonds. The van der Waals surface area contributed by atoms with Crippen LogP contribution in [0.5, 0.6) is 0 Å². The van der Waals surface area contributed by atoms with Crippen molar-refractivity contribution >= 4 is 0 Å². The van der Waals surface area contributed by atoms with Crippen LogP contribution >= 0.6 is 0 Å². The van der Waals surface area contributed by atoms with E-state index >= 15 is 0 Å². The minimum absolute atomic E-state index is 0.0905. The molecule has 0 aliphatic carbocycles. The molecule has 1 fully saturated rings. The average Bonchev–Trinajstić information content (AvgIpc) is 2.66. The van der Waals surface area contributed by atoms with Gasteiger partial charge < -0.3 is 15.7 Å². The van der Waals surface area contributed by atoms with Gasteiger partial charge in [-0.1, -0.05) is 6.92 Å². The van der Waals surface area contributed by atoms with Crippen molar-refractivity contribution in [2.24, 2.45) is 5.73 Å². The summed E-state index contributed by atoms with van der Waals surface area (Å²) in [4.78, 5) is 4.63. The molecule has 3 unspecified atom stereocenters. The average molecular weight is 229 g/mol. The van der Waals surface area contributed by atoms with Gasteiger partial charge in [-0.15, -0.1) is 0 Å². The van der Waals surface area contributed by atoms with Gasteiger partial charge in [0.15, 0.2) is 0 Å². The first kappa shape index (κ1) is 13.9. The lowest BCUT2D eigenvalue weighted by molar-refractivity contribution is 0.0818. The molecule has 0 aromatic carbocycles. The molecular formula is C12H27N3O. The van der Waals surface area contributed by atoms with E-state index in [9.17, 15) is 5.11 Å². The smallest absolute Gasteiger partial charge is 0.0602 e. The van der Waals surface area contributed by atoms with E-state index in [1.54, 1.807) is 0 Å². The third-order valence-corrected chi connectivity index (χ3v) is 3.58. The zero-order valence-electron chi connectivity index (χ0n) is 10.9. The van der Waals surface area contributed by atoms with Crippen molar-refractivity contribution in [3.8, 4) is 0 Å². The van der Waals surface area contributed by atoms with Gasteiger partial charge in [0.1, 0.15) is 0 Å². The molecule has 1 saturated heterocycles. The highest BCUT2D eigenvalue weighted by atomic mass is 16.3. The van der Waals surface area contributed by atoms with E-state index in [1.165, 1.54) is 12.8 Å². The monoisotopic (exact) mass is 229 g/mol. The summed E-state index contributed by atoms with van der Waals surface area (Å²) in [5, 5.41) is 9.50. The zero-order valence-corrected chi connectivity index (χ0v) is 10.9. The van der Waals surface area contributed by atoms with Gasteiger partial charge in [-0.2, -0.15) is 0 Å². The van der Waals surface area contributed by atoms with Gasteiger partial charge >= 0.3 is 0 Å². The molecule has 3 atom stereocenters. The Bertz CT molecular complexity index is 199. The van der Waals surface area contributed by atoms with Crippen LogP contribution in [0.3, 0.4) is 0 Å². The lowest BCUT2D eigenvalue weighted by Gasteiger charge is -2.36. The summed E-state index contributed by atoms with van der Waals surface area (Å²) in [5.74, 6) is 0. The molecule has 4 heteroatoms. The van der Waals surface area contributed by atoms with Gasteiger partial charge in [-0.25, -0.2) is 0 Å². The van der Waals surface area contributed by atoms with E-state index in [4.69, 9.17) is 5.73 Å². The Balaban J connectivity index is 2.60. The topological polar surface area (TPSA) is 52.7 Å². The molecule has 16 heavy (non-hydrogen) atoms. The van der Waals surface area contributed by atoms with Crippen LogP contribution in [0.25, 0.3) is 0 Å². The largest absolute Gasteiger partial charge is 0.395 e. The summed E-state index contributed by atoms with van der Waals surface area (Å²) in [5.41, 5.74) is 6.09. The third-order valence-electron chi connectivity index (χ3n) is 3.58. The van der Waals surface area contributed by atoms with E-state index in [1.807, 2.05) is 0 Å². The summed E-state index contributed by atoms with van der Waals surface area (Å²) in [6.07, 6.45) is 3.38. The molecule has 96 valence electrons. The standard InChI is InChI=1S/C12H27N3O/c1-4-11(13)12(9-16)15-7-5-6-10(15)8-14(2)3/h10-12,16H,4-9,13H2,1-3H3. The summed E-state index contributed by atoms with van der Waals surface area (Å²) in [7, 11) is 4.20. The molecule has 1 aliphatic heterocycles. The fourth-order valence-electron chi connectivity index (χ4n) is 2.67. The molecule has 1 aliphatic rings. The summed E-state index contributed by atoms with van der Waals surface area (Å²) in [6.45, 7) is 4.41. The molecule has 3 N–H and O–H groups in total. The van der Waals surface area contributed by atoms with E-state index < -0.39 is 0 Å². The number of likely N-dealkylation sites (tertiary alicyclic amines) is 1. The molecule has 1 heterocycles. The van der Waals surface area contributed by atoms with Gasteiger partial charge in [0, 0.05) is 24.7 Å². The summed E-state index contributed by atoms with van der Waals surface area (Å²) < 4.78 is 0. The van der Waals surface area contributed by atoms with Crippen LogP contribution in [0.1, 0.15) is 26.2 Å². The van der Waals surface area contributed by atoms with Gasteiger partial charge in [-0.3, -0.25) is 4.90 Å². The maximum atomic E-state index is 9.50. The molecule has 0 bridgehead atoms. The minimum atomic E-state index is 0.0905. The quantitative estimate of drug-likeness (QED) is 0.679. The predicted molar refractivity (Wildman–Crippen MR) is 67.4 cm³/mol. The number of aliphatic hydroxyl groups is 1. The van der Waals surface area contributed by atoms with Crippen LogP contribution in [0.15, 0.2) is 0 Å². The van der Waals surface area contributed by atoms with Gasteiger partial charge in [0.25, 0.3) is 0 Å². The number of aliphatic hydroxyl groups excluding tert-OH is 1. The third kappa shape index (κ3) is 3.42. The van der Waals surface area contributed by atoms with Crippen LogP contribution in [0, 0.1) is 0 Å². The van der Waals surface area contributed by atoms with Crippen molar-refractivity contribution in [3.05, 3.63) is 0 Å². The van der Waals surface area contributed by atoms with E-state index in [0.29, 0.717) is 6.04 Å². The van der Waals surface area contributed by atoms with Crippen molar-refractivity contribution in [2.75, 3.05) is 33.8 Å². The van der Waals surface area contributed by atoms with E-state index in [0.717, 1.165) is 19.5 Å². The second-order valence-electron chi connectivity index (χ2n) is 5.12. The Morgan fingerprint density at radius 1 is 1.50 bits per heavy atom. The van der Waals surface area contributed by atoms with Gasteiger partial charge in [0.2, 0.25) is 0 Å². The van der Waals surface area contributed by atoms with Crippen molar-refractivity contribution in [1.29, 1.82) is 0 Å². The highest BCUT2D eigenvalue weighted by Crippen LogP contribution is 2.22. The first-order chi connectivity index (χ1) is 7.60. The summed E-state index contributed by atoms with van der Waals surface area (Å²) >= 11 is 0. The van der Waals surface area contributed by atoms with Crippen LogP contribution in [-0.2, 0) is 0 Å². The molecule has 0 aromatic rings. The molecular weight excluding hydrogens is 202 g/mol. The minimum Gasteiger partial charge on any atom is -0.395 e. The zero-order chi connectivity index (χ0) is 12.1. The number of hydrogen-bond donors (Lipinski definition) is 2. The van der Waals surface area contributed by atoms with E-state index in [2.05, 4.69) is 30.8 Å². The molecule has 0 radical (unpaired) electrons. The Labute approximate surface area is 99.4 Å². The first-order valence-corrected chi connectivity index (χ1v) is 6.37. The number of nitrogens with zero attached hydrogens (tertiary/aromatic N) is 2. The Kier molecular flexibility index (Phi) is 5.69. The lowest BCUT2D eigenvalue weighted by atomic mass is 10.0. The second-order valence-corrected chi connectivity index (χ2v) is 5.12. The summed E-state index contributed by atoms with van der Waals surface area (Å²) in [6, 6.07) is 0.787. The van der Waals surface area contributed by atoms with Gasteiger partial charge in [0.05, 0.1) is 6.61 Å². The first-order valence-electron chi connectivity index (χ1n) is 6.37. The maximum Gasteiger partial charge on any atom is 0.0602 e. The molecule has 0 spiro atoms. The Morgan fingerprint density at radius 2 is 2.19 bits per heavy atom. The highest BCUT2D eigenvalue weighted by Gasteiger charge is 2.32. The maximum absolute atomic E-state index is 9.50. The second kappa shape index (κ2) is 6.55. The molecule has 0 aromatic heterocycles. The predicted octanol–water partition coefficient (Wildman–Crippen LogP) is 0.111. The highest BCUT2D eigenvalue weighted by molar-refractivity contribution is 4.90. The SMILES string of the molecule is CCC(N)C(CO)N1CCCC1CN(C)C. The van der Waals surface area contributed by atoms with Crippen molar-refractivity contribution < 1.29 is 5.11 Å². The van der Waals surface area contributed by atoms with Crippen LogP contribution in [0.4, 0.5) is 0 Å². The van der Waals surface area contributed by atoms with Crippen molar-refractivity contribution in [2.45, 2.75) is 44.3 Å². The van der Waals surface area contributed by atoms with Crippen LogP contribution in [-0.4, -0.2) is 66.8 Å². The molecule has 4 nitrogen and oxygen atoms in total. The lowest BCUT2D eigenvalue weighted by Crippen LogP contribution is -2.53. The molecule has 0 saturated carbocycles. The normalized spacial score (nSPS) is 26.2. The fraction of sp³-hybridized carbons (Fsp3) is 1.00. The van der Waals surface area contributed by atoms with Gasteiger partial charge in [-0.05, 0) is 39.9 Å². The number of rotatable bonds is 6. The van der Waals surface area contributed by atoms with Crippen LogP contribution in [0.2, 0.25) is 0 Å². The number of nitrogens with two attached hydrogens (primary N) is 1. The number of likely N-dealkylation sites (N-methyl/N-ethyl adjacent to an activating group) is 1. The van der Waals surface area contributed by atoms with Crippen molar-refractivity contribution in [3.63, 3.8) is 0 Å². The Hall–Kier alpha value is -0.160. The number of hydrogen-bond acceptors (Lipinski definition) is 4. The van der Waals surface area contributed by atoms with Crippen LogP contribution < -0.4 is 5.73 Å². The molecule has 1 rings (SSSR count). The van der Waals surface area contributed by atoms with Crippen molar-refractivity contribution in [1.82, 2.24) is 9.80 Å². The Morgan fingerprint density at radius 3 is 2.69 bits per heavy atom.